The number of ether oxygens (including phenoxy) is 1. The highest BCUT2D eigenvalue weighted by Gasteiger charge is 2.03. The number of rotatable bonds is 8. The maximum absolute atomic E-state index is 5.62. The molecule has 0 aliphatic heterocycles. The van der Waals surface area contributed by atoms with Crippen LogP contribution in [0.4, 0.5) is 0 Å². The van der Waals surface area contributed by atoms with Crippen molar-refractivity contribution in [1.29, 1.82) is 0 Å². The Balaban J connectivity index is 2.16. The maximum Gasteiger partial charge on any atom is 0.119 e. The molecule has 0 aliphatic rings. The molecule has 0 aliphatic carbocycles. The lowest BCUT2D eigenvalue weighted by atomic mass is 10.3. The monoisotopic (exact) mass is 252 g/mol. The molecule has 2 N–H and O–H groups in total. The van der Waals surface area contributed by atoms with Crippen LogP contribution in [-0.2, 0) is 0 Å². The minimum atomic E-state index is 0.552. The highest BCUT2D eigenvalue weighted by Crippen LogP contribution is 2.08. The molecule has 0 unspecified atom stereocenters. The van der Waals surface area contributed by atoms with Crippen LogP contribution in [0.25, 0.3) is 0 Å². The number of hydrogen-bond acceptors (Lipinski definition) is 3. The fourth-order valence-electron chi connectivity index (χ4n) is 1.56. The molecule has 0 bridgehead atoms. The molecule has 94 valence electrons. The van der Waals surface area contributed by atoms with Gasteiger partial charge in [-0.1, -0.05) is 37.3 Å². The van der Waals surface area contributed by atoms with E-state index >= 15 is 0 Å². The topological polar surface area (TPSA) is 38.5 Å². The maximum atomic E-state index is 5.62. The third-order valence-electron chi connectivity index (χ3n) is 2.46. The van der Waals surface area contributed by atoms with Crippen LogP contribution in [0.5, 0.6) is 5.75 Å². The minimum absolute atomic E-state index is 0.552. The summed E-state index contributed by atoms with van der Waals surface area (Å²) in [5, 5.41) is 0. The molecule has 3 nitrogen and oxygen atoms in total. The van der Waals surface area contributed by atoms with Crippen LogP contribution in [0, 0.1) is 0 Å². The molecule has 1 aromatic rings. The van der Waals surface area contributed by atoms with Crippen LogP contribution in [0.1, 0.15) is 13.3 Å². The molecule has 0 radical (unpaired) electrons. The second-order valence-corrected chi connectivity index (χ2v) is 4.37. The Morgan fingerprint density at radius 1 is 1.35 bits per heavy atom. The molecule has 0 fully saturated rings. The Hall–Kier alpha value is -1.13. The van der Waals surface area contributed by atoms with Crippen molar-refractivity contribution in [3.05, 3.63) is 30.3 Å². The smallest absolute Gasteiger partial charge is 0.119 e. The Kier molecular flexibility index (Phi) is 6.58. The number of hydrogen-bond donors (Lipinski definition) is 1. The molecule has 4 heteroatoms. The van der Waals surface area contributed by atoms with Crippen LogP contribution < -0.4 is 10.5 Å². The number of nitrogens with zero attached hydrogens (tertiary/aromatic N) is 1. The van der Waals surface area contributed by atoms with Crippen LogP contribution in [0.2, 0.25) is 0 Å². The van der Waals surface area contributed by atoms with Crippen LogP contribution in [-0.4, -0.2) is 36.1 Å². The average Bonchev–Trinajstić information content (AvgIpc) is 2.34. The third-order valence-corrected chi connectivity index (χ3v) is 2.59. The zero-order chi connectivity index (χ0) is 12.5. The van der Waals surface area contributed by atoms with Gasteiger partial charge < -0.3 is 10.5 Å². The van der Waals surface area contributed by atoms with Crippen molar-refractivity contribution in [2.75, 3.05) is 26.2 Å². The number of benzene rings is 1. The third kappa shape index (κ3) is 6.24. The molecule has 0 heterocycles. The van der Waals surface area contributed by atoms with Gasteiger partial charge in [-0.3, -0.25) is 4.90 Å². The molecule has 0 spiro atoms. The van der Waals surface area contributed by atoms with Crippen molar-refractivity contribution >= 4 is 17.2 Å². The van der Waals surface area contributed by atoms with Crippen molar-refractivity contribution in [3.63, 3.8) is 0 Å². The van der Waals surface area contributed by atoms with Crippen LogP contribution >= 0.6 is 12.2 Å². The fourth-order valence-corrected chi connectivity index (χ4v) is 1.75. The number of thiocarbonyl (C=S) groups is 1. The van der Waals surface area contributed by atoms with Gasteiger partial charge in [-0.25, -0.2) is 0 Å². The zero-order valence-corrected chi connectivity index (χ0v) is 11.1. The second-order valence-electron chi connectivity index (χ2n) is 3.85. The summed E-state index contributed by atoms with van der Waals surface area (Å²) in [6.07, 6.45) is 0.978. The molecule has 17 heavy (non-hydrogen) atoms. The molecule has 1 rings (SSSR count). The Morgan fingerprint density at radius 3 is 2.65 bits per heavy atom. The first-order valence-corrected chi connectivity index (χ1v) is 6.31. The lowest BCUT2D eigenvalue weighted by molar-refractivity contribution is 0.260. The largest absolute Gasteiger partial charge is 0.494 e. The molecule has 1 aromatic carbocycles. The predicted molar refractivity (Wildman–Crippen MR) is 75.5 cm³/mol. The van der Waals surface area contributed by atoms with E-state index in [2.05, 4.69) is 11.8 Å². The lowest BCUT2D eigenvalue weighted by Crippen LogP contribution is -2.33. The van der Waals surface area contributed by atoms with Gasteiger partial charge >= 0.3 is 0 Å². The van der Waals surface area contributed by atoms with Crippen LogP contribution in [0.3, 0.4) is 0 Å². The Labute approximate surface area is 109 Å². The molecular weight excluding hydrogens is 232 g/mol. The summed E-state index contributed by atoms with van der Waals surface area (Å²) in [5.74, 6) is 0.921. The Morgan fingerprint density at radius 2 is 2.06 bits per heavy atom. The molecule has 0 aromatic heterocycles. The second kappa shape index (κ2) is 8.03. The summed E-state index contributed by atoms with van der Waals surface area (Å²) in [7, 11) is 0. The Bertz CT molecular complexity index is 329. The highest BCUT2D eigenvalue weighted by molar-refractivity contribution is 7.80. The van der Waals surface area contributed by atoms with Crippen molar-refractivity contribution in [3.8, 4) is 5.75 Å². The summed E-state index contributed by atoms with van der Waals surface area (Å²) >= 11 is 4.90. The van der Waals surface area contributed by atoms with E-state index < -0.39 is 0 Å². The number of nitrogens with two attached hydrogens (primary N) is 1. The van der Waals surface area contributed by atoms with Gasteiger partial charge in [-0.2, -0.15) is 0 Å². The van der Waals surface area contributed by atoms with E-state index in [-0.39, 0.29) is 0 Å². The lowest BCUT2D eigenvalue weighted by Gasteiger charge is -2.19. The predicted octanol–water partition coefficient (Wildman–Crippen LogP) is 2.06. The van der Waals surface area contributed by atoms with Gasteiger partial charge in [0.25, 0.3) is 0 Å². The summed E-state index contributed by atoms with van der Waals surface area (Å²) in [4.78, 5) is 2.77. The van der Waals surface area contributed by atoms with Gasteiger partial charge in [0.15, 0.2) is 0 Å². The van der Waals surface area contributed by atoms with Crippen LogP contribution in [0.15, 0.2) is 30.3 Å². The normalized spacial score (nSPS) is 10.5. The molecule has 0 amide bonds. The average molecular weight is 252 g/mol. The van der Waals surface area contributed by atoms with Crippen molar-refractivity contribution in [1.82, 2.24) is 4.90 Å². The van der Waals surface area contributed by atoms with E-state index in [1.165, 1.54) is 0 Å². The number of likely N-dealkylation sites (N-methyl/N-ethyl adjacent to an activating group) is 1. The SMILES string of the molecule is CCN(CCCOc1ccccc1)CC(N)=S. The first kappa shape index (κ1) is 13.9. The summed E-state index contributed by atoms with van der Waals surface area (Å²) in [5.41, 5.74) is 5.52. The van der Waals surface area contributed by atoms with Gasteiger partial charge in [0.2, 0.25) is 0 Å². The summed E-state index contributed by atoms with van der Waals surface area (Å²) < 4.78 is 5.62. The van der Waals surface area contributed by atoms with Gasteiger partial charge in [-0.05, 0) is 25.1 Å². The van der Waals surface area contributed by atoms with E-state index in [9.17, 15) is 0 Å². The minimum Gasteiger partial charge on any atom is -0.494 e. The van der Waals surface area contributed by atoms with E-state index in [1.807, 2.05) is 30.3 Å². The standard InChI is InChI=1S/C13H20N2OS/c1-2-15(11-13(14)17)9-6-10-16-12-7-4-3-5-8-12/h3-5,7-8H,2,6,9-11H2,1H3,(H2,14,17). The molecule has 0 saturated carbocycles. The van der Waals surface area contributed by atoms with Crippen molar-refractivity contribution < 1.29 is 4.74 Å². The van der Waals surface area contributed by atoms with Gasteiger partial charge in [-0.15, -0.1) is 0 Å². The first-order chi connectivity index (χ1) is 8.22. The van der Waals surface area contributed by atoms with Gasteiger partial charge in [0.05, 0.1) is 11.6 Å². The first-order valence-electron chi connectivity index (χ1n) is 5.91. The summed E-state index contributed by atoms with van der Waals surface area (Å²) in [6.45, 7) is 5.44. The molecule has 0 atom stereocenters. The zero-order valence-electron chi connectivity index (χ0n) is 10.3. The van der Waals surface area contributed by atoms with Crippen molar-refractivity contribution in [2.45, 2.75) is 13.3 Å². The van der Waals surface area contributed by atoms with Crippen molar-refractivity contribution in [2.24, 2.45) is 5.73 Å². The fraction of sp³-hybridized carbons (Fsp3) is 0.462. The van der Waals surface area contributed by atoms with Gasteiger partial charge in [0, 0.05) is 13.1 Å². The van der Waals surface area contributed by atoms with E-state index in [0.29, 0.717) is 11.5 Å². The molecular formula is C13H20N2OS. The highest BCUT2D eigenvalue weighted by atomic mass is 32.1. The van der Waals surface area contributed by atoms with E-state index in [0.717, 1.165) is 31.9 Å². The van der Waals surface area contributed by atoms with Gasteiger partial charge in [0.1, 0.15) is 5.75 Å². The van der Waals surface area contributed by atoms with E-state index in [4.69, 9.17) is 22.7 Å². The summed E-state index contributed by atoms with van der Waals surface area (Å²) in [6, 6.07) is 9.86. The molecule has 0 saturated heterocycles. The quantitative estimate of drug-likeness (QED) is 0.568. The number of para-hydroxylation sites is 1. The van der Waals surface area contributed by atoms with E-state index in [1.54, 1.807) is 0 Å².